The molecule has 0 unspecified atom stereocenters. The summed E-state index contributed by atoms with van der Waals surface area (Å²) < 4.78 is 12.0. The number of hydrogen-bond donors (Lipinski definition) is 1. The number of hydrogen-bond acceptors (Lipinski definition) is 6. The van der Waals surface area contributed by atoms with Crippen LogP contribution in [0.3, 0.4) is 0 Å². The number of rotatable bonds is 5. The Morgan fingerprint density at radius 3 is 2.96 bits per heavy atom. The summed E-state index contributed by atoms with van der Waals surface area (Å²) in [7, 11) is 1.92. The molecular formula is C17H17N3O4S. The summed E-state index contributed by atoms with van der Waals surface area (Å²) in [4.78, 5) is 27.6. The molecule has 7 nitrogen and oxygen atoms in total. The van der Waals surface area contributed by atoms with E-state index < -0.39 is 11.7 Å². The first-order chi connectivity index (χ1) is 12.1. The van der Waals surface area contributed by atoms with Gasteiger partial charge in [-0.2, -0.15) is 0 Å². The van der Waals surface area contributed by atoms with Crippen LogP contribution in [0.4, 0.5) is 10.5 Å². The summed E-state index contributed by atoms with van der Waals surface area (Å²) in [5.74, 6) is 0.581. The Morgan fingerprint density at radius 2 is 2.24 bits per heavy atom. The van der Waals surface area contributed by atoms with Gasteiger partial charge in [-0.05, 0) is 24.6 Å². The smallest absolute Gasteiger partial charge is 0.411 e. The monoisotopic (exact) mass is 359 g/mol. The van der Waals surface area contributed by atoms with E-state index in [1.165, 1.54) is 17.8 Å². The summed E-state index contributed by atoms with van der Waals surface area (Å²) in [5.41, 5.74) is 1.33. The number of ether oxygens (including phenoxy) is 1. The second kappa shape index (κ2) is 7.43. The number of aryl methyl sites for hydroxylation is 1. The molecule has 2 heterocycles. The fraction of sp³-hybridized carbons (Fsp3) is 0.235. The van der Waals surface area contributed by atoms with Crippen molar-refractivity contribution in [1.82, 2.24) is 9.55 Å². The molecule has 0 bridgehead atoms. The van der Waals surface area contributed by atoms with E-state index in [4.69, 9.17) is 9.15 Å². The van der Waals surface area contributed by atoms with Gasteiger partial charge in [-0.15, -0.1) is 0 Å². The van der Waals surface area contributed by atoms with Crippen molar-refractivity contribution in [2.24, 2.45) is 7.05 Å². The van der Waals surface area contributed by atoms with Crippen molar-refractivity contribution in [3.05, 3.63) is 52.6 Å². The van der Waals surface area contributed by atoms with Gasteiger partial charge in [-0.1, -0.05) is 11.8 Å². The zero-order valence-corrected chi connectivity index (χ0v) is 14.6. The number of anilines is 1. The average molecular weight is 359 g/mol. The molecule has 0 aliphatic rings. The Bertz CT molecular complexity index is 964. The molecule has 0 saturated heterocycles. The van der Waals surface area contributed by atoms with Gasteiger partial charge in [-0.3, -0.25) is 5.32 Å². The molecule has 0 fully saturated rings. The first-order valence-corrected chi connectivity index (χ1v) is 8.66. The van der Waals surface area contributed by atoms with Crippen LogP contribution in [0.25, 0.3) is 11.0 Å². The molecule has 1 aromatic carbocycles. The topological polar surface area (TPSA) is 86.4 Å². The number of carbonyl (C=O) groups excluding carboxylic acids is 1. The average Bonchev–Trinajstić information content (AvgIpc) is 2.97. The van der Waals surface area contributed by atoms with Gasteiger partial charge in [0, 0.05) is 48.4 Å². The minimum absolute atomic E-state index is 0.281. The van der Waals surface area contributed by atoms with E-state index in [1.54, 1.807) is 25.3 Å². The lowest BCUT2D eigenvalue weighted by Gasteiger charge is -2.08. The van der Waals surface area contributed by atoms with Crippen LogP contribution in [0.1, 0.15) is 12.5 Å². The molecule has 2 aromatic heterocycles. The largest absolute Gasteiger partial charge is 0.450 e. The lowest BCUT2D eigenvalue weighted by atomic mass is 10.1. The third-order valence-corrected chi connectivity index (χ3v) is 4.59. The van der Waals surface area contributed by atoms with E-state index >= 15 is 0 Å². The van der Waals surface area contributed by atoms with Crippen molar-refractivity contribution < 1.29 is 13.9 Å². The highest BCUT2D eigenvalue weighted by Gasteiger charge is 2.10. The number of amides is 1. The normalized spacial score (nSPS) is 10.8. The van der Waals surface area contributed by atoms with E-state index in [-0.39, 0.29) is 6.61 Å². The summed E-state index contributed by atoms with van der Waals surface area (Å²) in [6.45, 7) is 2.01. The molecule has 130 valence electrons. The van der Waals surface area contributed by atoms with Crippen LogP contribution >= 0.6 is 11.8 Å². The maximum Gasteiger partial charge on any atom is 0.411 e. The molecule has 0 spiro atoms. The number of nitrogens with one attached hydrogen (secondary N) is 1. The molecule has 0 aliphatic heterocycles. The Kier molecular flexibility index (Phi) is 5.08. The second-order valence-corrected chi connectivity index (χ2v) is 6.20. The van der Waals surface area contributed by atoms with Crippen LogP contribution in [0.5, 0.6) is 0 Å². The molecule has 25 heavy (non-hydrogen) atoms. The minimum Gasteiger partial charge on any atom is -0.450 e. The van der Waals surface area contributed by atoms with Gasteiger partial charge in [0.15, 0.2) is 5.16 Å². The summed E-state index contributed by atoms with van der Waals surface area (Å²) >= 11 is 1.53. The molecule has 8 heteroatoms. The standard InChI is InChI=1S/C17H17N3O4S/c1-3-23-17(22)19-12-4-5-13-11(8-15(21)24-14(13)9-12)10-25-16-18-6-7-20(16)2/h4-9H,3,10H2,1-2H3,(H,19,22). The van der Waals surface area contributed by atoms with Crippen LogP contribution in [-0.2, 0) is 17.5 Å². The second-order valence-electron chi connectivity index (χ2n) is 5.26. The maximum atomic E-state index is 11.9. The van der Waals surface area contributed by atoms with Crippen LogP contribution in [0.2, 0.25) is 0 Å². The maximum absolute atomic E-state index is 11.9. The minimum atomic E-state index is -0.550. The van der Waals surface area contributed by atoms with Crippen molar-refractivity contribution in [2.75, 3.05) is 11.9 Å². The van der Waals surface area contributed by atoms with E-state index in [9.17, 15) is 9.59 Å². The first kappa shape index (κ1) is 17.1. The van der Waals surface area contributed by atoms with E-state index in [2.05, 4.69) is 10.3 Å². The molecule has 0 saturated carbocycles. The summed E-state index contributed by atoms with van der Waals surface area (Å²) in [6, 6.07) is 6.65. The highest BCUT2D eigenvalue weighted by atomic mass is 32.2. The Morgan fingerprint density at radius 1 is 1.40 bits per heavy atom. The third-order valence-electron chi connectivity index (χ3n) is 3.49. The van der Waals surface area contributed by atoms with Crippen molar-refractivity contribution in [1.29, 1.82) is 0 Å². The predicted molar refractivity (Wildman–Crippen MR) is 95.9 cm³/mol. The number of aromatic nitrogens is 2. The molecule has 0 radical (unpaired) electrons. The fourth-order valence-corrected chi connectivity index (χ4v) is 3.27. The number of thioether (sulfide) groups is 1. The van der Waals surface area contributed by atoms with Crippen LogP contribution in [-0.4, -0.2) is 22.3 Å². The number of carbonyl (C=O) groups is 1. The SMILES string of the molecule is CCOC(=O)Nc1ccc2c(CSc3nccn3C)cc(=O)oc2c1. The third kappa shape index (κ3) is 4.03. The van der Waals surface area contributed by atoms with E-state index in [0.29, 0.717) is 17.0 Å². The molecule has 3 rings (SSSR count). The van der Waals surface area contributed by atoms with Crippen LogP contribution in [0, 0.1) is 0 Å². The van der Waals surface area contributed by atoms with E-state index in [0.717, 1.165) is 16.1 Å². The number of benzene rings is 1. The summed E-state index contributed by atoms with van der Waals surface area (Å²) in [6.07, 6.45) is 3.05. The van der Waals surface area contributed by atoms with Crippen molar-refractivity contribution in [2.45, 2.75) is 17.8 Å². The quantitative estimate of drug-likeness (QED) is 0.555. The molecule has 0 aliphatic carbocycles. The summed E-state index contributed by atoms with van der Waals surface area (Å²) in [5, 5.41) is 4.27. The van der Waals surface area contributed by atoms with E-state index in [1.807, 2.05) is 23.9 Å². The Balaban J connectivity index is 1.87. The van der Waals surface area contributed by atoms with Gasteiger partial charge >= 0.3 is 11.7 Å². The number of nitrogens with zero attached hydrogens (tertiary/aromatic N) is 2. The number of imidazole rings is 1. The molecule has 3 aromatic rings. The first-order valence-electron chi connectivity index (χ1n) is 7.67. The highest BCUT2D eigenvalue weighted by Crippen LogP contribution is 2.27. The lowest BCUT2D eigenvalue weighted by Crippen LogP contribution is -2.13. The molecule has 1 amide bonds. The van der Waals surface area contributed by atoms with Crippen molar-refractivity contribution in [3.63, 3.8) is 0 Å². The lowest BCUT2D eigenvalue weighted by molar-refractivity contribution is 0.168. The zero-order chi connectivity index (χ0) is 17.8. The van der Waals surface area contributed by atoms with Crippen LogP contribution < -0.4 is 10.9 Å². The van der Waals surface area contributed by atoms with Crippen molar-refractivity contribution >= 4 is 34.5 Å². The Hall–Kier alpha value is -2.74. The molecule has 1 N–H and O–H groups in total. The van der Waals surface area contributed by atoms with Gasteiger partial charge in [0.1, 0.15) is 5.58 Å². The molecule has 0 atom stereocenters. The van der Waals surface area contributed by atoms with Gasteiger partial charge in [0.25, 0.3) is 0 Å². The van der Waals surface area contributed by atoms with Gasteiger partial charge in [0.05, 0.1) is 6.61 Å². The van der Waals surface area contributed by atoms with Crippen molar-refractivity contribution in [3.8, 4) is 0 Å². The Labute approximate surface area is 148 Å². The molecular weight excluding hydrogens is 342 g/mol. The van der Waals surface area contributed by atoms with Gasteiger partial charge < -0.3 is 13.7 Å². The van der Waals surface area contributed by atoms with Crippen LogP contribution in [0.15, 0.2) is 51.0 Å². The fourth-order valence-electron chi connectivity index (χ4n) is 2.35. The highest BCUT2D eigenvalue weighted by molar-refractivity contribution is 7.98. The van der Waals surface area contributed by atoms with Gasteiger partial charge in [-0.25, -0.2) is 14.6 Å². The number of fused-ring (bicyclic) bond motifs is 1. The zero-order valence-electron chi connectivity index (χ0n) is 13.8. The predicted octanol–water partition coefficient (Wildman–Crippen LogP) is 3.39. The van der Waals surface area contributed by atoms with Gasteiger partial charge in [0.2, 0.25) is 0 Å².